The van der Waals surface area contributed by atoms with Crippen molar-refractivity contribution in [2.45, 2.75) is 6.42 Å². The van der Waals surface area contributed by atoms with E-state index in [1.54, 1.807) is 18.2 Å². The van der Waals surface area contributed by atoms with E-state index >= 15 is 0 Å². The summed E-state index contributed by atoms with van der Waals surface area (Å²) in [5.74, 6) is -0.961. The maximum Gasteiger partial charge on any atom is 0.307 e. The van der Waals surface area contributed by atoms with E-state index in [1.165, 1.54) is 6.26 Å². The van der Waals surface area contributed by atoms with Crippen LogP contribution in [0.15, 0.2) is 64.0 Å². The zero-order valence-corrected chi connectivity index (χ0v) is 11.1. The summed E-state index contributed by atoms with van der Waals surface area (Å²) in [6, 6.07) is 14.2. The summed E-state index contributed by atoms with van der Waals surface area (Å²) >= 11 is 0. The number of aliphatic carboxylic acids is 1. The highest BCUT2D eigenvalue weighted by Crippen LogP contribution is 2.22. The van der Waals surface area contributed by atoms with Gasteiger partial charge in [-0.05, 0) is 11.6 Å². The Morgan fingerprint density at radius 3 is 2.52 bits per heavy atom. The number of para-hydroxylation sites is 1. The van der Waals surface area contributed by atoms with Crippen LogP contribution >= 0.6 is 0 Å². The van der Waals surface area contributed by atoms with Gasteiger partial charge in [-0.15, -0.1) is 0 Å². The third-order valence-electron chi connectivity index (χ3n) is 3.31. The Kier molecular flexibility index (Phi) is 3.28. The Morgan fingerprint density at radius 2 is 1.81 bits per heavy atom. The van der Waals surface area contributed by atoms with Crippen LogP contribution in [0.4, 0.5) is 0 Å². The van der Waals surface area contributed by atoms with E-state index in [0.29, 0.717) is 22.1 Å². The molecule has 2 aromatic carbocycles. The first-order valence-corrected chi connectivity index (χ1v) is 6.47. The first-order valence-electron chi connectivity index (χ1n) is 6.47. The van der Waals surface area contributed by atoms with Crippen molar-refractivity contribution in [1.82, 2.24) is 0 Å². The molecule has 0 saturated heterocycles. The summed E-state index contributed by atoms with van der Waals surface area (Å²) in [4.78, 5) is 23.4. The van der Waals surface area contributed by atoms with E-state index in [4.69, 9.17) is 9.52 Å². The highest BCUT2D eigenvalue weighted by atomic mass is 16.4. The lowest BCUT2D eigenvalue weighted by Gasteiger charge is -2.05. The van der Waals surface area contributed by atoms with Crippen molar-refractivity contribution in [3.8, 4) is 11.1 Å². The molecule has 0 amide bonds. The third-order valence-corrected chi connectivity index (χ3v) is 3.31. The molecular formula is C17H12O4. The van der Waals surface area contributed by atoms with Crippen LogP contribution in [0, 0.1) is 0 Å². The fraction of sp³-hybridized carbons (Fsp3) is 0.0588. The Bertz CT molecular complexity index is 863. The lowest BCUT2D eigenvalue weighted by Crippen LogP contribution is -2.07. The molecule has 3 rings (SSSR count). The van der Waals surface area contributed by atoms with Crippen LogP contribution in [0.25, 0.3) is 22.1 Å². The van der Waals surface area contributed by atoms with Crippen LogP contribution in [0.3, 0.4) is 0 Å². The van der Waals surface area contributed by atoms with E-state index in [1.807, 2.05) is 30.3 Å². The molecular weight excluding hydrogens is 268 g/mol. The number of hydrogen-bond donors (Lipinski definition) is 1. The second kappa shape index (κ2) is 5.25. The van der Waals surface area contributed by atoms with Crippen LogP contribution in [-0.4, -0.2) is 11.1 Å². The maximum absolute atomic E-state index is 12.6. The summed E-state index contributed by atoms with van der Waals surface area (Å²) < 4.78 is 5.55. The lowest BCUT2D eigenvalue weighted by molar-refractivity contribution is -0.136. The number of benzene rings is 2. The number of carbonyl (C=O) groups is 1. The number of rotatable bonds is 3. The maximum atomic E-state index is 12.6. The topological polar surface area (TPSA) is 67.5 Å². The number of carboxylic acid groups (broad SMARTS) is 1. The van der Waals surface area contributed by atoms with Crippen molar-refractivity contribution >= 4 is 16.9 Å². The predicted molar refractivity (Wildman–Crippen MR) is 79.3 cm³/mol. The van der Waals surface area contributed by atoms with E-state index in [-0.39, 0.29) is 11.8 Å². The summed E-state index contributed by atoms with van der Waals surface area (Å²) in [6.45, 7) is 0. The molecule has 104 valence electrons. The molecule has 1 N–H and O–H groups in total. The molecule has 0 radical (unpaired) electrons. The number of fused-ring (bicyclic) bond motifs is 1. The molecule has 21 heavy (non-hydrogen) atoms. The van der Waals surface area contributed by atoms with Crippen LogP contribution in [0.5, 0.6) is 0 Å². The van der Waals surface area contributed by atoms with Gasteiger partial charge in [0.25, 0.3) is 0 Å². The molecule has 0 atom stereocenters. The van der Waals surface area contributed by atoms with Crippen molar-refractivity contribution in [1.29, 1.82) is 0 Å². The Labute approximate surface area is 120 Å². The molecule has 0 bridgehead atoms. The molecule has 0 saturated carbocycles. The second-order valence-corrected chi connectivity index (χ2v) is 4.71. The summed E-state index contributed by atoms with van der Waals surface area (Å²) in [5.41, 5.74) is 1.92. The molecule has 0 aliphatic carbocycles. The molecule has 0 unspecified atom stereocenters. The fourth-order valence-corrected chi connectivity index (χ4v) is 2.34. The average molecular weight is 280 g/mol. The Balaban J connectivity index is 2.23. The van der Waals surface area contributed by atoms with Crippen molar-refractivity contribution in [3.63, 3.8) is 0 Å². The van der Waals surface area contributed by atoms with Gasteiger partial charge >= 0.3 is 5.97 Å². The molecule has 1 heterocycles. The predicted octanol–water partition coefficient (Wildman–Crippen LogP) is 3.09. The van der Waals surface area contributed by atoms with Gasteiger partial charge in [-0.1, -0.05) is 42.5 Å². The van der Waals surface area contributed by atoms with Gasteiger partial charge in [0.05, 0.1) is 17.4 Å². The zero-order chi connectivity index (χ0) is 14.8. The standard InChI is InChI=1S/C17H12O4/c18-15(19)9-12-7-4-8-13-16(20)14(10-21-17(12)13)11-5-2-1-3-6-11/h1-8,10H,9H2,(H,18,19). The van der Waals surface area contributed by atoms with Crippen LogP contribution in [0.2, 0.25) is 0 Å². The quantitative estimate of drug-likeness (QED) is 0.800. The van der Waals surface area contributed by atoms with Gasteiger partial charge in [-0.2, -0.15) is 0 Å². The summed E-state index contributed by atoms with van der Waals surface area (Å²) in [5, 5.41) is 9.31. The van der Waals surface area contributed by atoms with Gasteiger partial charge in [0, 0.05) is 5.56 Å². The van der Waals surface area contributed by atoms with Crippen LogP contribution < -0.4 is 5.43 Å². The van der Waals surface area contributed by atoms with Crippen molar-refractivity contribution in [2.75, 3.05) is 0 Å². The minimum Gasteiger partial charge on any atom is -0.481 e. The van der Waals surface area contributed by atoms with E-state index in [9.17, 15) is 9.59 Å². The van der Waals surface area contributed by atoms with Gasteiger partial charge in [0.15, 0.2) is 5.43 Å². The minimum absolute atomic E-state index is 0.158. The molecule has 0 spiro atoms. The molecule has 0 fully saturated rings. The molecule has 1 aromatic heterocycles. The van der Waals surface area contributed by atoms with Gasteiger partial charge in [0.1, 0.15) is 11.8 Å². The first kappa shape index (κ1) is 13.1. The van der Waals surface area contributed by atoms with Crippen LogP contribution in [0.1, 0.15) is 5.56 Å². The normalized spacial score (nSPS) is 10.7. The van der Waals surface area contributed by atoms with Gasteiger partial charge < -0.3 is 9.52 Å². The van der Waals surface area contributed by atoms with Gasteiger partial charge in [0.2, 0.25) is 0 Å². The molecule has 4 nitrogen and oxygen atoms in total. The monoisotopic (exact) mass is 280 g/mol. The van der Waals surface area contributed by atoms with E-state index < -0.39 is 5.97 Å². The third kappa shape index (κ3) is 2.43. The lowest BCUT2D eigenvalue weighted by atomic mass is 10.0. The average Bonchev–Trinajstić information content (AvgIpc) is 2.49. The fourth-order valence-electron chi connectivity index (χ4n) is 2.34. The van der Waals surface area contributed by atoms with Gasteiger partial charge in [-0.3, -0.25) is 9.59 Å². The first-order chi connectivity index (χ1) is 10.2. The SMILES string of the molecule is O=C(O)Cc1cccc2c(=O)c(-c3ccccc3)coc12. The summed E-state index contributed by atoms with van der Waals surface area (Å²) in [7, 11) is 0. The highest BCUT2D eigenvalue weighted by Gasteiger charge is 2.13. The molecule has 3 aromatic rings. The van der Waals surface area contributed by atoms with Gasteiger partial charge in [-0.25, -0.2) is 0 Å². The van der Waals surface area contributed by atoms with Crippen molar-refractivity contribution < 1.29 is 14.3 Å². The molecule has 4 heteroatoms. The van der Waals surface area contributed by atoms with Crippen molar-refractivity contribution in [3.05, 3.63) is 70.6 Å². The Hall–Kier alpha value is -2.88. The summed E-state index contributed by atoms with van der Waals surface area (Å²) in [6.07, 6.45) is 1.22. The second-order valence-electron chi connectivity index (χ2n) is 4.71. The van der Waals surface area contributed by atoms with E-state index in [2.05, 4.69) is 0 Å². The van der Waals surface area contributed by atoms with Crippen LogP contribution in [-0.2, 0) is 11.2 Å². The molecule has 0 aliphatic rings. The largest absolute Gasteiger partial charge is 0.481 e. The number of carboxylic acids is 1. The smallest absolute Gasteiger partial charge is 0.307 e. The highest BCUT2D eigenvalue weighted by molar-refractivity contribution is 5.86. The van der Waals surface area contributed by atoms with Crippen molar-refractivity contribution in [2.24, 2.45) is 0 Å². The Morgan fingerprint density at radius 1 is 1.05 bits per heavy atom. The van der Waals surface area contributed by atoms with E-state index in [0.717, 1.165) is 5.56 Å². The molecule has 0 aliphatic heterocycles. The number of hydrogen-bond acceptors (Lipinski definition) is 3. The minimum atomic E-state index is -0.961. The zero-order valence-electron chi connectivity index (χ0n) is 11.1.